The number of hydrogen-bond donors (Lipinski definition) is 1. The molecule has 1 aromatic rings. The Hall–Kier alpha value is -2.04. The molecule has 0 saturated carbocycles. The Morgan fingerprint density at radius 3 is 2.25 bits per heavy atom. The van der Waals surface area contributed by atoms with Crippen LogP contribution in [-0.2, 0) is 4.79 Å². The van der Waals surface area contributed by atoms with Crippen molar-refractivity contribution in [1.82, 2.24) is 9.80 Å². The molecule has 2 rings (SSSR count). The van der Waals surface area contributed by atoms with Crippen molar-refractivity contribution in [3.63, 3.8) is 0 Å². The van der Waals surface area contributed by atoms with Crippen LogP contribution in [0, 0.1) is 0 Å². The number of carbonyl (C=O) groups excluding carboxylic acids is 2. The SMILES string of the molecule is CCCC(=O)N1CCN(C(=O)Nc2ccccc2)CC1. The van der Waals surface area contributed by atoms with Crippen molar-refractivity contribution in [2.45, 2.75) is 19.8 Å². The summed E-state index contributed by atoms with van der Waals surface area (Å²) < 4.78 is 0. The number of amides is 3. The van der Waals surface area contributed by atoms with Crippen molar-refractivity contribution >= 4 is 17.6 Å². The molecule has 1 aliphatic rings. The lowest BCUT2D eigenvalue weighted by atomic mass is 10.2. The highest BCUT2D eigenvalue weighted by Crippen LogP contribution is 2.09. The zero-order valence-electron chi connectivity index (χ0n) is 11.8. The molecule has 0 radical (unpaired) electrons. The van der Waals surface area contributed by atoms with Crippen LogP contribution in [0.5, 0.6) is 0 Å². The van der Waals surface area contributed by atoms with E-state index in [-0.39, 0.29) is 11.9 Å². The maximum atomic E-state index is 12.1. The Labute approximate surface area is 119 Å². The van der Waals surface area contributed by atoms with Gasteiger partial charge in [0.25, 0.3) is 0 Å². The highest BCUT2D eigenvalue weighted by atomic mass is 16.2. The molecular formula is C15H21N3O2. The van der Waals surface area contributed by atoms with Crippen LogP contribution in [-0.4, -0.2) is 47.9 Å². The van der Waals surface area contributed by atoms with Gasteiger partial charge in [-0.3, -0.25) is 4.79 Å². The largest absolute Gasteiger partial charge is 0.339 e. The number of rotatable bonds is 3. The van der Waals surface area contributed by atoms with Crippen LogP contribution < -0.4 is 5.32 Å². The molecule has 3 amide bonds. The summed E-state index contributed by atoms with van der Waals surface area (Å²) in [6.07, 6.45) is 1.46. The smallest absolute Gasteiger partial charge is 0.321 e. The zero-order chi connectivity index (χ0) is 14.4. The third-order valence-corrected chi connectivity index (χ3v) is 3.41. The lowest BCUT2D eigenvalue weighted by molar-refractivity contribution is -0.132. The average Bonchev–Trinajstić information content (AvgIpc) is 2.48. The van der Waals surface area contributed by atoms with Crippen LogP contribution in [0.3, 0.4) is 0 Å². The average molecular weight is 275 g/mol. The predicted molar refractivity (Wildman–Crippen MR) is 78.5 cm³/mol. The molecule has 0 spiro atoms. The Morgan fingerprint density at radius 2 is 1.65 bits per heavy atom. The minimum Gasteiger partial charge on any atom is -0.339 e. The first-order chi connectivity index (χ1) is 9.70. The number of carbonyl (C=O) groups is 2. The Balaban J connectivity index is 1.81. The van der Waals surface area contributed by atoms with Crippen molar-refractivity contribution in [1.29, 1.82) is 0 Å². The Bertz CT molecular complexity index is 453. The third kappa shape index (κ3) is 3.73. The first-order valence-corrected chi connectivity index (χ1v) is 7.09. The minimum absolute atomic E-state index is 0.0983. The number of piperazine rings is 1. The summed E-state index contributed by atoms with van der Waals surface area (Å²) in [5.74, 6) is 0.190. The van der Waals surface area contributed by atoms with Gasteiger partial charge in [0.05, 0.1) is 0 Å². The summed E-state index contributed by atoms with van der Waals surface area (Å²) in [5.41, 5.74) is 0.794. The van der Waals surface area contributed by atoms with Crippen molar-refractivity contribution in [3.8, 4) is 0 Å². The second kappa shape index (κ2) is 6.93. The van der Waals surface area contributed by atoms with Gasteiger partial charge in [-0.2, -0.15) is 0 Å². The molecule has 1 heterocycles. The molecule has 0 atom stereocenters. The standard InChI is InChI=1S/C15H21N3O2/c1-2-6-14(19)17-9-11-18(12-10-17)15(20)16-13-7-4-3-5-8-13/h3-5,7-8H,2,6,9-12H2,1H3,(H,16,20). The zero-order valence-corrected chi connectivity index (χ0v) is 11.8. The highest BCUT2D eigenvalue weighted by Gasteiger charge is 2.23. The molecule has 1 N–H and O–H groups in total. The normalized spacial score (nSPS) is 15.1. The lowest BCUT2D eigenvalue weighted by Crippen LogP contribution is -2.51. The summed E-state index contributed by atoms with van der Waals surface area (Å²) in [4.78, 5) is 27.4. The van der Waals surface area contributed by atoms with Gasteiger partial charge in [0.2, 0.25) is 5.91 Å². The lowest BCUT2D eigenvalue weighted by Gasteiger charge is -2.34. The molecule has 1 aliphatic heterocycles. The van der Waals surface area contributed by atoms with Gasteiger partial charge in [0.15, 0.2) is 0 Å². The molecule has 1 saturated heterocycles. The number of nitrogens with one attached hydrogen (secondary N) is 1. The van der Waals surface area contributed by atoms with E-state index in [9.17, 15) is 9.59 Å². The van der Waals surface area contributed by atoms with Crippen LogP contribution in [0.4, 0.5) is 10.5 Å². The van der Waals surface area contributed by atoms with E-state index in [0.29, 0.717) is 32.6 Å². The second-order valence-corrected chi connectivity index (χ2v) is 4.91. The third-order valence-electron chi connectivity index (χ3n) is 3.41. The molecule has 5 heteroatoms. The first kappa shape index (κ1) is 14.4. The second-order valence-electron chi connectivity index (χ2n) is 4.91. The van der Waals surface area contributed by atoms with Crippen LogP contribution in [0.15, 0.2) is 30.3 Å². The van der Waals surface area contributed by atoms with E-state index in [1.807, 2.05) is 42.2 Å². The number of urea groups is 1. The first-order valence-electron chi connectivity index (χ1n) is 7.09. The predicted octanol–water partition coefficient (Wildman–Crippen LogP) is 2.16. The van der Waals surface area contributed by atoms with E-state index in [2.05, 4.69) is 5.32 Å². The number of benzene rings is 1. The highest BCUT2D eigenvalue weighted by molar-refractivity contribution is 5.89. The fourth-order valence-electron chi connectivity index (χ4n) is 2.25. The van der Waals surface area contributed by atoms with Gasteiger partial charge in [0.1, 0.15) is 0 Å². The number of nitrogens with zero attached hydrogens (tertiary/aromatic N) is 2. The van der Waals surface area contributed by atoms with E-state index < -0.39 is 0 Å². The summed E-state index contributed by atoms with van der Waals surface area (Å²) in [6, 6.07) is 9.30. The summed E-state index contributed by atoms with van der Waals surface area (Å²) in [7, 11) is 0. The van der Waals surface area contributed by atoms with E-state index in [0.717, 1.165) is 12.1 Å². The fourth-order valence-corrected chi connectivity index (χ4v) is 2.25. The van der Waals surface area contributed by atoms with Crippen LogP contribution in [0.2, 0.25) is 0 Å². The van der Waals surface area contributed by atoms with Crippen molar-refractivity contribution in [2.24, 2.45) is 0 Å². The van der Waals surface area contributed by atoms with Crippen LogP contribution in [0.1, 0.15) is 19.8 Å². The molecule has 108 valence electrons. The Kier molecular flexibility index (Phi) is 4.98. The molecule has 1 fully saturated rings. The molecular weight excluding hydrogens is 254 g/mol. The molecule has 0 bridgehead atoms. The Morgan fingerprint density at radius 1 is 1.05 bits per heavy atom. The molecule has 5 nitrogen and oxygen atoms in total. The topological polar surface area (TPSA) is 52.7 Å². The number of anilines is 1. The molecule has 0 unspecified atom stereocenters. The maximum absolute atomic E-state index is 12.1. The monoisotopic (exact) mass is 275 g/mol. The van der Waals surface area contributed by atoms with E-state index in [4.69, 9.17) is 0 Å². The number of hydrogen-bond acceptors (Lipinski definition) is 2. The molecule has 0 aliphatic carbocycles. The summed E-state index contributed by atoms with van der Waals surface area (Å²) in [6.45, 7) is 4.44. The minimum atomic E-state index is -0.0983. The quantitative estimate of drug-likeness (QED) is 0.919. The molecule has 20 heavy (non-hydrogen) atoms. The van der Waals surface area contributed by atoms with E-state index in [1.54, 1.807) is 4.90 Å². The summed E-state index contributed by atoms with van der Waals surface area (Å²) in [5, 5.41) is 2.86. The van der Waals surface area contributed by atoms with Gasteiger partial charge in [-0.25, -0.2) is 4.79 Å². The number of para-hydroxylation sites is 1. The summed E-state index contributed by atoms with van der Waals surface area (Å²) >= 11 is 0. The molecule has 1 aromatic carbocycles. The van der Waals surface area contributed by atoms with E-state index in [1.165, 1.54) is 0 Å². The van der Waals surface area contributed by atoms with Crippen molar-refractivity contribution in [3.05, 3.63) is 30.3 Å². The maximum Gasteiger partial charge on any atom is 0.321 e. The van der Waals surface area contributed by atoms with Gasteiger partial charge >= 0.3 is 6.03 Å². The van der Waals surface area contributed by atoms with Gasteiger partial charge < -0.3 is 15.1 Å². The van der Waals surface area contributed by atoms with Crippen molar-refractivity contribution in [2.75, 3.05) is 31.5 Å². The van der Waals surface area contributed by atoms with Crippen molar-refractivity contribution < 1.29 is 9.59 Å². The van der Waals surface area contributed by atoms with Gasteiger partial charge in [0, 0.05) is 38.3 Å². The molecule has 0 aromatic heterocycles. The van der Waals surface area contributed by atoms with Gasteiger partial charge in [-0.05, 0) is 18.6 Å². The van der Waals surface area contributed by atoms with E-state index >= 15 is 0 Å². The van der Waals surface area contributed by atoms with Crippen LogP contribution in [0.25, 0.3) is 0 Å². The van der Waals surface area contributed by atoms with Gasteiger partial charge in [-0.1, -0.05) is 25.1 Å². The van der Waals surface area contributed by atoms with Gasteiger partial charge in [-0.15, -0.1) is 0 Å². The fraction of sp³-hybridized carbons (Fsp3) is 0.467. The van der Waals surface area contributed by atoms with Crippen LogP contribution >= 0.6 is 0 Å².